The number of halogens is 2. The van der Waals surface area contributed by atoms with Crippen molar-refractivity contribution in [1.82, 2.24) is 5.32 Å². The molecule has 0 fully saturated rings. The van der Waals surface area contributed by atoms with Crippen LogP contribution in [0.4, 0.5) is 8.78 Å². The minimum absolute atomic E-state index is 0.0504. The summed E-state index contributed by atoms with van der Waals surface area (Å²) in [5, 5.41) is 3.45. The van der Waals surface area contributed by atoms with Gasteiger partial charge in [-0.1, -0.05) is 6.07 Å². The number of benzene rings is 1. The molecule has 1 aliphatic rings. The highest BCUT2D eigenvalue weighted by Crippen LogP contribution is 2.32. The van der Waals surface area contributed by atoms with Crippen molar-refractivity contribution in [2.75, 3.05) is 7.11 Å². The summed E-state index contributed by atoms with van der Waals surface area (Å²) in [5.74, 6) is 1.38. The number of rotatable bonds is 6. The second-order valence-electron chi connectivity index (χ2n) is 5.49. The molecule has 23 heavy (non-hydrogen) atoms. The molecule has 0 saturated heterocycles. The summed E-state index contributed by atoms with van der Waals surface area (Å²) in [7, 11) is 1.42. The van der Waals surface area contributed by atoms with Gasteiger partial charge in [-0.2, -0.15) is 8.78 Å². The average Bonchev–Trinajstić information content (AvgIpc) is 3.01. The molecule has 4 nitrogen and oxygen atoms in total. The quantitative estimate of drug-likeness (QED) is 0.871. The van der Waals surface area contributed by atoms with Crippen LogP contribution in [0.25, 0.3) is 0 Å². The van der Waals surface area contributed by atoms with E-state index in [1.165, 1.54) is 12.7 Å². The smallest absolute Gasteiger partial charge is 0.387 e. The maximum atomic E-state index is 12.5. The Labute approximate surface area is 133 Å². The molecular weight excluding hydrogens is 304 g/mol. The first-order valence-electron chi connectivity index (χ1n) is 7.58. The largest absolute Gasteiger partial charge is 0.493 e. The SMILES string of the molecule is COc1ccc(CNC2CCCc3occc32)cc1OC(F)F. The Morgan fingerprint density at radius 2 is 2.17 bits per heavy atom. The predicted molar refractivity (Wildman–Crippen MR) is 80.9 cm³/mol. The summed E-state index contributed by atoms with van der Waals surface area (Å²) >= 11 is 0. The van der Waals surface area contributed by atoms with Crippen LogP contribution in [0.1, 0.15) is 35.8 Å². The average molecular weight is 323 g/mol. The lowest BCUT2D eigenvalue weighted by molar-refractivity contribution is -0.0512. The van der Waals surface area contributed by atoms with Crippen LogP contribution < -0.4 is 14.8 Å². The Kier molecular flexibility index (Phi) is 4.81. The summed E-state index contributed by atoms with van der Waals surface area (Å²) in [5.41, 5.74) is 2.05. The van der Waals surface area contributed by atoms with Crippen molar-refractivity contribution in [1.29, 1.82) is 0 Å². The zero-order valence-corrected chi connectivity index (χ0v) is 12.9. The molecule has 1 heterocycles. The number of alkyl halides is 2. The van der Waals surface area contributed by atoms with Crippen molar-refractivity contribution >= 4 is 0 Å². The van der Waals surface area contributed by atoms with E-state index < -0.39 is 6.61 Å². The Bertz CT molecular complexity index is 657. The summed E-state index contributed by atoms with van der Waals surface area (Å²) in [6.07, 6.45) is 4.78. The highest BCUT2D eigenvalue weighted by molar-refractivity contribution is 5.43. The fourth-order valence-corrected chi connectivity index (χ4v) is 2.96. The normalized spacial score (nSPS) is 17.1. The molecule has 0 aliphatic heterocycles. The van der Waals surface area contributed by atoms with E-state index >= 15 is 0 Å². The molecule has 0 amide bonds. The van der Waals surface area contributed by atoms with Gasteiger partial charge in [0.25, 0.3) is 0 Å². The van der Waals surface area contributed by atoms with Crippen LogP contribution in [0.2, 0.25) is 0 Å². The molecule has 0 saturated carbocycles. The van der Waals surface area contributed by atoms with Gasteiger partial charge < -0.3 is 19.2 Å². The van der Waals surface area contributed by atoms with E-state index in [1.54, 1.807) is 18.4 Å². The first kappa shape index (κ1) is 15.8. The lowest BCUT2D eigenvalue weighted by Gasteiger charge is -2.23. The number of fused-ring (bicyclic) bond motifs is 1. The molecule has 1 aromatic heterocycles. The van der Waals surface area contributed by atoms with Crippen molar-refractivity contribution < 1.29 is 22.7 Å². The Balaban J connectivity index is 1.69. The highest BCUT2D eigenvalue weighted by Gasteiger charge is 2.22. The number of hydrogen-bond donors (Lipinski definition) is 1. The monoisotopic (exact) mass is 323 g/mol. The molecule has 1 atom stereocenters. The van der Waals surface area contributed by atoms with E-state index in [4.69, 9.17) is 9.15 Å². The predicted octanol–water partition coefficient (Wildman–Crippen LogP) is 4.06. The van der Waals surface area contributed by atoms with Gasteiger partial charge in [0, 0.05) is 24.6 Å². The Morgan fingerprint density at radius 3 is 2.96 bits per heavy atom. The van der Waals surface area contributed by atoms with Crippen LogP contribution >= 0.6 is 0 Å². The second-order valence-corrected chi connectivity index (χ2v) is 5.49. The van der Waals surface area contributed by atoms with Gasteiger partial charge in [0.2, 0.25) is 0 Å². The zero-order chi connectivity index (χ0) is 16.2. The van der Waals surface area contributed by atoms with Gasteiger partial charge in [0.05, 0.1) is 13.4 Å². The van der Waals surface area contributed by atoms with Crippen LogP contribution in [-0.2, 0) is 13.0 Å². The molecule has 3 rings (SSSR count). The highest BCUT2D eigenvalue weighted by atomic mass is 19.3. The number of aryl methyl sites for hydroxylation is 1. The molecule has 124 valence electrons. The van der Waals surface area contributed by atoms with Crippen LogP contribution in [0.15, 0.2) is 34.9 Å². The lowest BCUT2D eigenvalue weighted by atomic mass is 9.93. The maximum Gasteiger partial charge on any atom is 0.387 e. The van der Waals surface area contributed by atoms with E-state index in [1.807, 2.05) is 12.1 Å². The summed E-state index contributed by atoms with van der Waals surface area (Å²) in [6, 6.07) is 7.27. The zero-order valence-electron chi connectivity index (χ0n) is 12.9. The molecule has 6 heteroatoms. The summed E-state index contributed by atoms with van der Waals surface area (Å²) < 4.78 is 40.0. The number of methoxy groups -OCH3 is 1. The number of nitrogens with one attached hydrogen (secondary N) is 1. The van der Waals surface area contributed by atoms with E-state index in [0.717, 1.165) is 30.6 Å². The molecule has 1 aromatic carbocycles. The van der Waals surface area contributed by atoms with E-state index in [0.29, 0.717) is 12.3 Å². The van der Waals surface area contributed by atoms with Gasteiger partial charge >= 0.3 is 6.61 Å². The second kappa shape index (κ2) is 7.00. The van der Waals surface area contributed by atoms with E-state index in [2.05, 4.69) is 10.1 Å². The van der Waals surface area contributed by atoms with Crippen LogP contribution in [0.5, 0.6) is 11.5 Å². The third-order valence-electron chi connectivity index (χ3n) is 4.05. The minimum Gasteiger partial charge on any atom is -0.493 e. The van der Waals surface area contributed by atoms with Gasteiger partial charge in [0.15, 0.2) is 11.5 Å². The van der Waals surface area contributed by atoms with Gasteiger partial charge in [-0.05, 0) is 36.6 Å². The molecule has 0 bridgehead atoms. The fourth-order valence-electron chi connectivity index (χ4n) is 2.96. The molecule has 0 radical (unpaired) electrons. The molecule has 0 spiro atoms. The molecule has 2 aromatic rings. The van der Waals surface area contributed by atoms with Crippen molar-refractivity contribution in [3.63, 3.8) is 0 Å². The number of hydrogen-bond acceptors (Lipinski definition) is 4. The summed E-state index contributed by atoms with van der Waals surface area (Å²) in [4.78, 5) is 0. The minimum atomic E-state index is -2.88. The first-order valence-corrected chi connectivity index (χ1v) is 7.58. The molecule has 1 unspecified atom stereocenters. The topological polar surface area (TPSA) is 43.6 Å². The number of ether oxygens (including phenoxy) is 2. The van der Waals surface area contributed by atoms with Crippen LogP contribution in [-0.4, -0.2) is 13.7 Å². The Morgan fingerprint density at radius 1 is 1.30 bits per heavy atom. The fraction of sp³-hybridized carbons (Fsp3) is 0.412. The first-order chi connectivity index (χ1) is 11.2. The van der Waals surface area contributed by atoms with Gasteiger partial charge in [-0.25, -0.2) is 0 Å². The molecule has 1 N–H and O–H groups in total. The van der Waals surface area contributed by atoms with Crippen molar-refractivity contribution in [3.05, 3.63) is 47.4 Å². The maximum absolute atomic E-state index is 12.5. The lowest BCUT2D eigenvalue weighted by Crippen LogP contribution is -2.24. The van der Waals surface area contributed by atoms with Crippen molar-refractivity contribution in [2.24, 2.45) is 0 Å². The Hall–Kier alpha value is -2.08. The number of furan rings is 1. The van der Waals surface area contributed by atoms with Crippen molar-refractivity contribution in [2.45, 2.75) is 38.5 Å². The standard InChI is InChI=1S/C17H19F2NO3/c1-21-15-6-5-11(9-16(15)23-17(18)19)10-20-13-3-2-4-14-12(13)7-8-22-14/h5-9,13,17,20H,2-4,10H2,1H3. The third-order valence-corrected chi connectivity index (χ3v) is 4.05. The van der Waals surface area contributed by atoms with Crippen LogP contribution in [0, 0.1) is 0 Å². The van der Waals surface area contributed by atoms with E-state index in [-0.39, 0.29) is 11.8 Å². The summed E-state index contributed by atoms with van der Waals surface area (Å²) in [6.45, 7) is -2.32. The van der Waals surface area contributed by atoms with Crippen LogP contribution in [0.3, 0.4) is 0 Å². The molecule has 1 aliphatic carbocycles. The van der Waals surface area contributed by atoms with Gasteiger partial charge in [0.1, 0.15) is 5.76 Å². The van der Waals surface area contributed by atoms with E-state index in [9.17, 15) is 8.78 Å². The van der Waals surface area contributed by atoms with Crippen molar-refractivity contribution in [3.8, 4) is 11.5 Å². The molecular formula is C17H19F2NO3. The van der Waals surface area contributed by atoms with Gasteiger partial charge in [-0.3, -0.25) is 0 Å². The van der Waals surface area contributed by atoms with Gasteiger partial charge in [-0.15, -0.1) is 0 Å². The third kappa shape index (κ3) is 3.64.